The molecule has 1 aromatic rings. The molecule has 0 aromatic heterocycles. The number of nitrogens with zero attached hydrogens (tertiary/aromatic N) is 1. The summed E-state index contributed by atoms with van der Waals surface area (Å²) in [6.07, 6.45) is 5.29. The van der Waals surface area contributed by atoms with Crippen molar-refractivity contribution < 1.29 is 4.74 Å². The van der Waals surface area contributed by atoms with Crippen LogP contribution in [0.1, 0.15) is 37.3 Å². The summed E-state index contributed by atoms with van der Waals surface area (Å²) in [7, 11) is 1.72. The van der Waals surface area contributed by atoms with Crippen LogP contribution in [0, 0.1) is 5.92 Å². The molecule has 1 aliphatic carbocycles. The Morgan fingerprint density at radius 1 is 1.21 bits per heavy atom. The molecule has 2 N–H and O–H groups in total. The molecule has 19 heavy (non-hydrogen) atoms. The van der Waals surface area contributed by atoms with E-state index in [4.69, 9.17) is 10.5 Å². The van der Waals surface area contributed by atoms with Crippen molar-refractivity contribution in [2.45, 2.75) is 37.8 Å². The molecule has 2 unspecified atom stereocenters. The van der Waals surface area contributed by atoms with Crippen LogP contribution in [0.15, 0.2) is 24.3 Å². The smallest absolute Gasteiger partial charge is 0.118 e. The van der Waals surface area contributed by atoms with Gasteiger partial charge < -0.3 is 10.5 Å². The zero-order valence-corrected chi connectivity index (χ0v) is 11.7. The van der Waals surface area contributed by atoms with Gasteiger partial charge in [0, 0.05) is 12.1 Å². The monoisotopic (exact) mass is 260 g/mol. The van der Waals surface area contributed by atoms with Gasteiger partial charge in [0.25, 0.3) is 0 Å². The maximum Gasteiger partial charge on any atom is 0.118 e. The molecule has 104 valence electrons. The van der Waals surface area contributed by atoms with Crippen molar-refractivity contribution in [2.24, 2.45) is 11.7 Å². The summed E-state index contributed by atoms with van der Waals surface area (Å²) in [5, 5.41) is 0. The van der Waals surface area contributed by atoms with Crippen LogP contribution in [0.4, 0.5) is 0 Å². The van der Waals surface area contributed by atoms with Crippen LogP contribution in [0.2, 0.25) is 0 Å². The van der Waals surface area contributed by atoms with E-state index in [1.54, 1.807) is 7.11 Å². The summed E-state index contributed by atoms with van der Waals surface area (Å²) >= 11 is 0. The second kappa shape index (κ2) is 5.51. The molecule has 0 bridgehead atoms. The lowest BCUT2D eigenvalue weighted by atomic mass is 9.84. The number of nitrogens with two attached hydrogens (primary N) is 1. The lowest BCUT2D eigenvalue weighted by Crippen LogP contribution is -2.42. The van der Waals surface area contributed by atoms with Crippen LogP contribution in [-0.2, 0) is 0 Å². The quantitative estimate of drug-likeness (QED) is 0.904. The van der Waals surface area contributed by atoms with Gasteiger partial charge in [-0.25, -0.2) is 0 Å². The molecule has 0 amide bonds. The normalized spacial score (nSPS) is 28.3. The van der Waals surface area contributed by atoms with E-state index >= 15 is 0 Å². The molecule has 1 saturated heterocycles. The molecule has 3 heteroatoms. The Morgan fingerprint density at radius 3 is 2.53 bits per heavy atom. The third-order valence-corrected chi connectivity index (χ3v) is 4.57. The third kappa shape index (κ3) is 2.63. The maximum absolute atomic E-state index is 6.02. The molecule has 0 radical (unpaired) electrons. The second-order valence-electron chi connectivity index (χ2n) is 5.83. The number of ether oxygens (including phenoxy) is 1. The lowest BCUT2D eigenvalue weighted by molar-refractivity contribution is 0.0879. The number of piperidine rings is 1. The fourth-order valence-corrected chi connectivity index (χ4v) is 3.43. The lowest BCUT2D eigenvalue weighted by Gasteiger charge is -2.41. The highest BCUT2D eigenvalue weighted by Crippen LogP contribution is 2.42. The van der Waals surface area contributed by atoms with Crippen molar-refractivity contribution in [3.05, 3.63) is 29.8 Å². The topological polar surface area (TPSA) is 38.5 Å². The average molecular weight is 260 g/mol. The van der Waals surface area contributed by atoms with Gasteiger partial charge in [-0.3, -0.25) is 4.90 Å². The van der Waals surface area contributed by atoms with Gasteiger partial charge in [0.15, 0.2) is 0 Å². The predicted molar refractivity (Wildman–Crippen MR) is 77.2 cm³/mol. The van der Waals surface area contributed by atoms with E-state index in [0.29, 0.717) is 12.0 Å². The highest BCUT2D eigenvalue weighted by Gasteiger charge is 2.39. The van der Waals surface area contributed by atoms with Crippen LogP contribution in [-0.4, -0.2) is 31.1 Å². The van der Waals surface area contributed by atoms with E-state index in [-0.39, 0.29) is 0 Å². The molecule has 1 aliphatic heterocycles. The standard InChI is InChI=1S/C16H24N2O/c1-19-15-8-4-12(5-9-15)16-13(11-17)3-2-10-18(16)14-6-7-14/h4-5,8-9,13-14,16H,2-3,6-7,10-11,17H2,1H3. The Bertz CT molecular complexity index is 413. The SMILES string of the molecule is COc1ccc(C2C(CN)CCCN2C2CC2)cc1. The first kappa shape index (κ1) is 12.9. The number of benzene rings is 1. The first-order valence-corrected chi connectivity index (χ1v) is 7.43. The summed E-state index contributed by atoms with van der Waals surface area (Å²) in [6, 6.07) is 9.89. The highest BCUT2D eigenvalue weighted by molar-refractivity contribution is 5.30. The molecule has 2 atom stereocenters. The zero-order valence-electron chi connectivity index (χ0n) is 11.7. The van der Waals surface area contributed by atoms with Gasteiger partial charge in [-0.15, -0.1) is 0 Å². The first-order chi connectivity index (χ1) is 9.33. The minimum Gasteiger partial charge on any atom is -0.497 e. The molecule has 2 fully saturated rings. The van der Waals surface area contributed by atoms with Crippen molar-refractivity contribution in [1.82, 2.24) is 4.90 Å². The summed E-state index contributed by atoms with van der Waals surface area (Å²) in [5.41, 5.74) is 7.42. The zero-order chi connectivity index (χ0) is 13.2. The van der Waals surface area contributed by atoms with Gasteiger partial charge in [0.05, 0.1) is 7.11 Å². The number of hydrogen-bond donors (Lipinski definition) is 1. The van der Waals surface area contributed by atoms with Crippen LogP contribution in [0.25, 0.3) is 0 Å². The minimum atomic E-state index is 0.511. The van der Waals surface area contributed by atoms with E-state index in [1.165, 1.54) is 37.8 Å². The Labute approximate surface area is 115 Å². The molecule has 2 aliphatic rings. The highest BCUT2D eigenvalue weighted by atomic mass is 16.5. The van der Waals surface area contributed by atoms with Gasteiger partial charge >= 0.3 is 0 Å². The van der Waals surface area contributed by atoms with Crippen molar-refractivity contribution in [3.8, 4) is 5.75 Å². The minimum absolute atomic E-state index is 0.511. The predicted octanol–water partition coefficient (Wildman–Crippen LogP) is 2.57. The van der Waals surface area contributed by atoms with Gasteiger partial charge in [0.1, 0.15) is 5.75 Å². The van der Waals surface area contributed by atoms with Gasteiger partial charge in [-0.05, 0) is 62.4 Å². The van der Waals surface area contributed by atoms with Crippen molar-refractivity contribution >= 4 is 0 Å². The number of likely N-dealkylation sites (tertiary alicyclic amines) is 1. The average Bonchev–Trinajstić information content (AvgIpc) is 3.31. The Hall–Kier alpha value is -1.06. The second-order valence-corrected chi connectivity index (χ2v) is 5.83. The van der Waals surface area contributed by atoms with Crippen LogP contribution >= 0.6 is 0 Å². The molecule has 1 saturated carbocycles. The summed E-state index contributed by atoms with van der Waals surface area (Å²) in [5.74, 6) is 1.53. The third-order valence-electron chi connectivity index (χ3n) is 4.57. The Balaban J connectivity index is 1.86. The van der Waals surface area contributed by atoms with E-state index < -0.39 is 0 Å². The van der Waals surface area contributed by atoms with E-state index in [9.17, 15) is 0 Å². The summed E-state index contributed by atoms with van der Waals surface area (Å²) in [4.78, 5) is 2.70. The van der Waals surface area contributed by atoms with Crippen molar-refractivity contribution in [1.29, 1.82) is 0 Å². The fraction of sp³-hybridized carbons (Fsp3) is 0.625. The van der Waals surface area contributed by atoms with Crippen LogP contribution < -0.4 is 10.5 Å². The molecule has 3 nitrogen and oxygen atoms in total. The summed E-state index contributed by atoms with van der Waals surface area (Å²) < 4.78 is 5.26. The first-order valence-electron chi connectivity index (χ1n) is 7.43. The molecule has 3 rings (SSSR count). The van der Waals surface area contributed by atoms with Crippen molar-refractivity contribution in [3.63, 3.8) is 0 Å². The van der Waals surface area contributed by atoms with Gasteiger partial charge in [0.2, 0.25) is 0 Å². The van der Waals surface area contributed by atoms with Crippen LogP contribution in [0.5, 0.6) is 5.75 Å². The number of hydrogen-bond acceptors (Lipinski definition) is 3. The van der Waals surface area contributed by atoms with E-state index in [0.717, 1.165) is 18.3 Å². The van der Waals surface area contributed by atoms with Gasteiger partial charge in [-0.2, -0.15) is 0 Å². The fourth-order valence-electron chi connectivity index (χ4n) is 3.43. The molecular weight excluding hydrogens is 236 g/mol. The maximum atomic E-state index is 6.02. The number of rotatable bonds is 4. The molecule has 0 spiro atoms. The molecular formula is C16H24N2O. The van der Waals surface area contributed by atoms with E-state index in [1.807, 2.05) is 0 Å². The molecule has 1 aromatic carbocycles. The Kier molecular flexibility index (Phi) is 3.76. The molecule has 1 heterocycles. The summed E-state index contributed by atoms with van der Waals surface area (Å²) in [6.45, 7) is 2.03. The number of methoxy groups -OCH3 is 1. The Morgan fingerprint density at radius 2 is 1.95 bits per heavy atom. The van der Waals surface area contributed by atoms with E-state index in [2.05, 4.69) is 29.2 Å². The van der Waals surface area contributed by atoms with Gasteiger partial charge in [-0.1, -0.05) is 12.1 Å². The van der Waals surface area contributed by atoms with Crippen molar-refractivity contribution in [2.75, 3.05) is 20.2 Å². The van der Waals surface area contributed by atoms with Crippen LogP contribution in [0.3, 0.4) is 0 Å². The largest absolute Gasteiger partial charge is 0.497 e.